The molecule has 1 nitrogen and oxygen atoms in total. The van der Waals surface area contributed by atoms with Crippen LogP contribution in [-0.2, 0) is 4.74 Å². The first-order valence-electron chi connectivity index (χ1n) is 4.49. The van der Waals surface area contributed by atoms with Crippen molar-refractivity contribution < 1.29 is 4.74 Å². The Morgan fingerprint density at radius 3 is 2.58 bits per heavy atom. The van der Waals surface area contributed by atoms with Gasteiger partial charge in [0.25, 0.3) is 0 Å². The van der Waals surface area contributed by atoms with Crippen LogP contribution in [0.4, 0.5) is 0 Å². The molecule has 1 saturated heterocycles. The first kappa shape index (κ1) is 11.0. The lowest BCUT2D eigenvalue weighted by Gasteiger charge is -1.95. The summed E-state index contributed by atoms with van der Waals surface area (Å²) in [5.41, 5.74) is 1.29. The third-order valence-corrected chi connectivity index (χ3v) is 1.56. The van der Waals surface area contributed by atoms with Gasteiger partial charge in [-0.05, 0) is 18.6 Å². The fourth-order valence-electron chi connectivity index (χ4n) is 1.04. The van der Waals surface area contributed by atoms with E-state index in [4.69, 9.17) is 4.74 Å². The molecular formula is C11H18O. The summed E-state index contributed by atoms with van der Waals surface area (Å²) in [6.45, 7) is 10.5. The number of rotatable bonds is 1. The molecule has 1 rings (SSSR count). The lowest BCUT2D eigenvalue weighted by molar-refractivity contribution is 0.266. The Kier molecular flexibility index (Phi) is 6.16. The summed E-state index contributed by atoms with van der Waals surface area (Å²) in [6.07, 6.45) is 6.78. The van der Waals surface area contributed by atoms with Gasteiger partial charge in [-0.15, -0.1) is 0 Å². The normalized spacial score (nSPS) is 21.6. The lowest BCUT2D eigenvalue weighted by atomic mass is 10.2. The Hall–Kier alpha value is -0.980. The van der Waals surface area contributed by atoms with Crippen LogP contribution in [0.5, 0.6) is 0 Å². The van der Waals surface area contributed by atoms with Crippen LogP contribution in [0.3, 0.4) is 0 Å². The van der Waals surface area contributed by atoms with E-state index in [1.807, 2.05) is 26.8 Å². The van der Waals surface area contributed by atoms with Gasteiger partial charge in [-0.1, -0.05) is 32.6 Å². The minimum absolute atomic E-state index is 0.819. The Bertz CT molecular complexity index is 187. The van der Waals surface area contributed by atoms with Crippen molar-refractivity contribution in [3.8, 4) is 0 Å². The molecule has 0 unspecified atom stereocenters. The third kappa shape index (κ3) is 2.95. The summed E-state index contributed by atoms with van der Waals surface area (Å²) in [4.78, 5) is 0. The number of ether oxygens (including phenoxy) is 1. The van der Waals surface area contributed by atoms with E-state index in [1.165, 1.54) is 5.57 Å². The molecule has 0 saturated carbocycles. The first-order chi connectivity index (χ1) is 5.88. The molecule has 0 aromatic heterocycles. The van der Waals surface area contributed by atoms with Gasteiger partial charge in [-0.25, -0.2) is 0 Å². The smallest absolute Gasteiger partial charge is 0.122 e. The second-order valence-corrected chi connectivity index (χ2v) is 2.18. The topological polar surface area (TPSA) is 9.23 Å². The van der Waals surface area contributed by atoms with Gasteiger partial charge in [0.1, 0.15) is 5.76 Å². The molecule has 0 aromatic carbocycles. The molecule has 0 spiro atoms. The van der Waals surface area contributed by atoms with Crippen LogP contribution in [0.25, 0.3) is 0 Å². The van der Waals surface area contributed by atoms with Gasteiger partial charge < -0.3 is 4.74 Å². The highest BCUT2D eigenvalue weighted by Crippen LogP contribution is 2.22. The minimum Gasteiger partial charge on any atom is -0.493 e. The standard InChI is InChI=1S/C9H12O.C2H6/c1-3-5-9-8(4-2)6-7-10-9;1-2/h3-5H,1,6-7H2,2H3;1-2H3/b8-4-,9-5+;. The highest BCUT2D eigenvalue weighted by Gasteiger charge is 2.11. The highest BCUT2D eigenvalue weighted by molar-refractivity contribution is 5.30. The average molecular weight is 166 g/mol. The maximum Gasteiger partial charge on any atom is 0.122 e. The number of allylic oxidation sites excluding steroid dienone is 4. The molecule has 0 radical (unpaired) electrons. The van der Waals surface area contributed by atoms with E-state index in [0.29, 0.717) is 0 Å². The maximum atomic E-state index is 5.32. The lowest BCUT2D eigenvalue weighted by Crippen LogP contribution is -1.78. The predicted molar refractivity (Wildman–Crippen MR) is 54.0 cm³/mol. The molecule has 12 heavy (non-hydrogen) atoms. The van der Waals surface area contributed by atoms with E-state index in [9.17, 15) is 0 Å². The molecule has 0 N–H and O–H groups in total. The summed E-state index contributed by atoms with van der Waals surface area (Å²) in [7, 11) is 0. The molecule has 1 aliphatic rings. The van der Waals surface area contributed by atoms with Crippen LogP contribution >= 0.6 is 0 Å². The predicted octanol–water partition coefficient (Wildman–Crippen LogP) is 3.45. The molecular weight excluding hydrogens is 148 g/mol. The fraction of sp³-hybridized carbons (Fsp3) is 0.455. The zero-order valence-corrected chi connectivity index (χ0v) is 8.26. The van der Waals surface area contributed by atoms with Gasteiger partial charge in [0.15, 0.2) is 0 Å². The van der Waals surface area contributed by atoms with E-state index in [0.717, 1.165) is 18.8 Å². The van der Waals surface area contributed by atoms with Gasteiger partial charge in [0.2, 0.25) is 0 Å². The Balaban J connectivity index is 0.000000561. The van der Waals surface area contributed by atoms with Crippen molar-refractivity contribution in [2.45, 2.75) is 27.2 Å². The monoisotopic (exact) mass is 166 g/mol. The van der Waals surface area contributed by atoms with Gasteiger partial charge >= 0.3 is 0 Å². The SMILES string of the molecule is C=C/C=C1/OCC/C1=C/C.CC. The van der Waals surface area contributed by atoms with Crippen LogP contribution < -0.4 is 0 Å². The van der Waals surface area contributed by atoms with Crippen molar-refractivity contribution in [2.24, 2.45) is 0 Å². The molecule has 0 atom stereocenters. The van der Waals surface area contributed by atoms with E-state index < -0.39 is 0 Å². The average Bonchev–Trinajstić information content (AvgIpc) is 2.56. The minimum atomic E-state index is 0.819. The molecule has 0 amide bonds. The molecule has 1 heteroatoms. The Morgan fingerprint density at radius 2 is 2.08 bits per heavy atom. The van der Waals surface area contributed by atoms with Gasteiger partial charge in [-0.3, -0.25) is 0 Å². The van der Waals surface area contributed by atoms with E-state index >= 15 is 0 Å². The summed E-state index contributed by atoms with van der Waals surface area (Å²) in [5.74, 6) is 0.984. The van der Waals surface area contributed by atoms with Crippen LogP contribution in [0.15, 0.2) is 36.1 Å². The second kappa shape index (κ2) is 6.71. The quantitative estimate of drug-likeness (QED) is 0.579. The molecule has 0 bridgehead atoms. The van der Waals surface area contributed by atoms with Gasteiger partial charge in [-0.2, -0.15) is 0 Å². The van der Waals surface area contributed by atoms with Crippen molar-refractivity contribution in [3.05, 3.63) is 36.1 Å². The van der Waals surface area contributed by atoms with E-state index in [-0.39, 0.29) is 0 Å². The van der Waals surface area contributed by atoms with Crippen LogP contribution in [0.1, 0.15) is 27.2 Å². The largest absolute Gasteiger partial charge is 0.493 e. The van der Waals surface area contributed by atoms with Crippen LogP contribution in [0, 0.1) is 0 Å². The summed E-state index contributed by atoms with van der Waals surface area (Å²) in [6, 6.07) is 0. The first-order valence-corrected chi connectivity index (χ1v) is 4.49. The van der Waals surface area contributed by atoms with Crippen molar-refractivity contribution in [2.75, 3.05) is 6.61 Å². The zero-order chi connectivity index (χ0) is 9.40. The number of hydrogen-bond donors (Lipinski definition) is 0. The van der Waals surface area contributed by atoms with Crippen LogP contribution in [-0.4, -0.2) is 6.61 Å². The Labute approximate surface area is 75.4 Å². The zero-order valence-electron chi connectivity index (χ0n) is 8.26. The van der Waals surface area contributed by atoms with Crippen molar-refractivity contribution in [3.63, 3.8) is 0 Å². The Morgan fingerprint density at radius 1 is 1.42 bits per heavy atom. The molecule has 0 aromatic rings. The summed E-state index contributed by atoms with van der Waals surface area (Å²) in [5, 5.41) is 0. The van der Waals surface area contributed by atoms with E-state index in [2.05, 4.69) is 12.7 Å². The second-order valence-electron chi connectivity index (χ2n) is 2.18. The maximum absolute atomic E-state index is 5.32. The molecule has 1 aliphatic heterocycles. The number of hydrogen-bond acceptors (Lipinski definition) is 1. The van der Waals surface area contributed by atoms with Crippen molar-refractivity contribution in [1.82, 2.24) is 0 Å². The van der Waals surface area contributed by atoms with Crippen molar-refractivity contribution >= 4 is 0 Å². The van der Waals surface area contributed by atoms with Crippen molar-refractivity contribution in [1.29, 1.82) is 0 Å². The molecule has 68 valence electrons. The van der Waals surface area contributed by atoms with Crippen LogP contribution in [0.2, 0.25) is 0 Å². The molecule has 1 heterocycles. The third-order valence-electron chi connectivity index (χ3n) is 1.56. The van der Waals surface area contributed by atoms with Gasteiger partial charge in [0.05, 0.1) is 6.61 Å². The fourth-order valence-corrected chi connectivity index (χ4v) is 1.04. The molecule has 0 aliphatic carbocycles. The van der Waals surface area contributed by atoms with E-state index in [1.54, 1.807) is 6.08 Å². The summed E-state index contributed by atoms with van der Waals surface area (Å²) < 4.78 is 5.32. The molecule has 1 fully saturated rings. The van der Waals surface area contributed by atoms with Gasteiger partial charge in [0, 0.05) is 6.42 Å². The summed E-state index contributed by atoms with van der Waals surface area (Å²) >= 11 is 0. The highest BCUT2D eigenvalue weighted by atomic mass is 16.5.